The minimum Gasteiger partial charge on any atom is -0.369 e. The third-order valence-electron chi connectivity index (χ3n) is 4.37. The van der Waals surface area contributed by atoms with Crippen molar-refractivity contribution in [2.24, 2.45) is 29.2 Å². The molecule has 1 aliphatic heterocycles. The second-order valence-corrected chi connectivity index (χ2v) is 5.64. The van der Waals surface area contributed by atoms with Gasteiger partial charge in [-0.15, -0.1) is 0 Å². The zero-order valence-electron chi connectivity index (χ0n) is 10.8. The highest BCUT2D eigenvalue weighted by Crippen LogP contribution is 2.31. The van der Waals surface area contributed by atoms with Gasteiger partial charge >= 0.3 is 0 Å². The summed E-state index contributed by atoms with van der Waals surface area (Å²) in [5.74, 6) is 0.370. The van der Waals surface area contributed by atoms with E-state index in [9.17, 15) is 9.59 Å². The van der Waals surface area contributed by atoms with Gasteiger partial charge in [-0.2, -0.15) is 0 Å². The summed E-state index contributed by atoms with van der Waals surface area (Å²) in [4.78, 5) is 25.3. The molecule has 1 saturated carbocycles. The van der Waals surface area contributed by atoms with E-state index < -0.39 is 0 Å². The normalized spacial score (nSPS) is 32.5. The Hall–Kier alpha value is -1.10. The van der Waals surface area contributed by atoms with Gasteiger partial charge in [-0.3, -0.25) is 9.59 Å². The number of hydrogen-bond acceptors (Lipinski definition) is 3. The number of nitrogens with zero attached hydrogens (tertiary/aromatic N) is 1. The maximum Gasteiger partial charge on any atom is 0.225 e. The van der Waals surface area contributed by atoms with E-state index in [0.717, 1.165) is 25.7 Å². The van der Waals surface area contributed by atoms with E-state index in [2.05, 4.69) is 0 Å². The first-order valence-corrected chi connectivity index (χ1v) is 6.90. The van der Waals surface area contributed by atoms with Crippen LogP contribution in [0.5, 0.6) is 0 Å². The van der Waals surface area contributed by atoms with E-state index in [4.69, 9.17) is 11.5 Å². The molecule has 2 amide bonds. The highest BCUT2D eigenvalue weighted by molar-refractivity contribution is 5.82. The molecular weight excluding hydrogens is 230 g/mol. The van der Waals surface area contributed by atoms with Crippen LogP contribution in [-0.2, 0) is 9.59 Å². The number of carbonyl (C=O) groups is 2. The molecule has 0 radical (unpaired) electrons. The summed E-state index contributed by atoms with van der Waals surface area (Å²) in [6.45, 7) is 1.86. The maximum atomic E-state index is 12.4. The monoisotopic (exact) mass is 253 g/mol. The molecular formula is C13H23N3O2. The van der Waals surface area contributed by atoms with Crippen molar-refractivity contribution in [2.45, 2.75) is 32.1 Å². The number of primary amides is 1. The van der Waals surface area contributed by atoms with Crippen molar-refractivity contribution in [3.8, 4) is 0 Å². The van der Waals surface area contributed by atoms with Gasteiger partial charge in [0.1, 0.15) is 0 Å². The van der Waals surface area contributed by atoms with Gasteiger partial charge in [0.15, 0.2) is 0 Å². The zero-order chi connectivity index (χ0) is 13.1. The van der Waals surface area contributed by atoms with Gasteiger partial charge in [0.05, 0.1) is 5.92 Å². The number of carbonyl (C=O) groups excluding carboxylic acids is 2. The lowest BCUT2D eigenvalue weighted by molar-refractivity contribution is -0.136. The van der Waals surface area contributed by atoms with Gasteiger partial charge in [0.25, 0.3) is 0 Å². The van der Waals surface area contributed by atoms with Crippen LogP contribution < -0.4 is 11.5 Å². The Labute approximate surface area is 108 Å². The molecule has 4 N–H and O–H groups in total. The molecule has 1 aliphatic carbocycles. The van der Waals surface area contributed by atoms with E-state index in [1.54, 1.807) is 0 Å². The van der Waals surface area contributed by atoms with Gasteiger partial charge in [-0.05, 0) is 38.1 Å². The molecule has 0 aromatic heterocycles. The fourth-order valence-electron chi connectivity index (χ4n) is 3.18. The largest absolute Gasteiger partial charge is 0.369 e. The summed E-state index contributed by atoms with van der Waals surface area (Å²) in [5.41, 5.74) is 11.0. The first kappa shape index (κ1) is 13.3. The van der Waals surface area contributed by atoms with Crippen molar-refractivity contribution in [1.82, 2.24) is 4.90 Å². The fourth-order valence-corrected chi connectivity index (χ4v) is 3.18. The first-order valence-electron chi connectivity index (χ1n) is 6.90. The SMILES string of the molecule is NCC1CCCC(C(=O)N2CCC(C(N)=O)C2)C1. The first-order chi connectivity index (χ1) is 8.61. The number of hydrogen-bond donors (Lipinski definition) is 2. The van der Waals surface area contributed by atoms with Gasteiger partial charge in [-0.1, -0.05) is 6.42 Å². The van der Waals surface area contributed by atoms with Crippen molar-refractivity contribution in [3.05, 3.63) is 0 Å². The number of amides is 2. The Kier molecular flexibility index (Phi) is 4.22. The highest BCUT2D eigenvalue weighted by atomic mass is 16.2. The molecule has 18 heavy (non-hydrogen) atoms. The molecule has 0 spiro atoms. The quantitative estimate of drug-likeness (QED) is 0.746. The van der Waals surface area contributed by atoms with E-state index >= 15 is 0 Å². The van der Waals surface area contributed by atoms with E-state index in [1.807, 2.05) is 4.90 Å². The maximum absolute atomic E-state index is 12.4. The van der Waals surface area contributed by atoms with Crippen molar-refractivity contribution in [3.63, 3.8) is 0 Å². The van der Waals surface area contributed by atoms with E-state index in [0.29, 0.717) is 32.0 Å². The molecule has 3 atom stereocenters. The average Bonchev–Trinajstić information content (AvgIpc) is 2.87. The molecule has 0 bridgehead atoms. The van der Waals surface area contributed by atoms with Crippen LogP contribution in [0, 0.1) is 17.8 Å². The Morgan fingerprint density at radius 2 is 1.94 bits per heavy atom. The van der Waals surface area contributed by atoms with E-state index in [1.165, 1.54) is 0 Å². The summed E-state index contributed by atoms with van der Waals surface area (Å²) < 4.78 is 0. The molecule has 0 aromatic carbocycles. The predicted molar refractivity (Wildman–Crippen MR) is 68.4 cm³/mol. The van der Waals surface area contributed by atoms with Crippen LogP contribution in [0.3, 0.4) is 0 Å². The third-order valence-corrected chi connectivity index (χ3v) is 4.37. The van der Waals surface area contributed by atoms with Gasteiger partial charge in [-0.25, -0.2) is 0 Å². The fraction of sp³-hybridized carbons (Fsp3) is 0.846. The van der Waals surface area contributed by atoms with Crippen LogP contribution in [0.25, 0.3) is 0 Å². The molecule has 102 valence electrons. The van der Waals surface area contributed by atoms with Crippen molar-refractivity contribution >= 4 is 11.8 Å². The highest BCUT2D eigenvalue weighted by Gasteiger charge is 2.35. The van der Waals surface area contributed by atoms with Gasteiger partial charge < -0.3 is 16.4 Å². The summed E-state index contributed by atoms with van der Waals surface area (Å²) in [6, 6.07) is 0. The van der Waals surface area contributed by atoms with Crippen molar-refractivity contribution in [2.75, 3.05) is 19.6 Å². The van der Waals surface area contributed by atoms with Gasteiger partial charge in [0.2, 0.25) is 11.8 Å². The standard InChI is InChI=1S/C13H23N3O2/c14-7-9-2-1-3-10(6-9)13(18)16-5-4-11(8-16)12(15)17/h9-11H,1-8,14H2,(H2,15,17). The molecule has 1 saturated heterocycles. The lowest BCUT2D eigenvalue weighted by atomic mass is 9.81. The smallest absolute Gasteiger partial charge is 0.225 e. The Morgan fingerprint density at radius 1 is 1.17 bits per heavy atom. The molecule has 3 unspecified atom stereocenters. The second-order valence-electron chi connectivity index (χ2n) is 5.64. The van der Waals surface area contributed by atoms with Crippen LogP contribution in [0.1, 0.15) is 32.1 Å². The zero-order valence-corrected chi connectivity index (χ0v) is 10.8. The summed E-state index contributed by atoms with van der Waals surface area (Å²) in [5, 5.41) is 0. The number of likely N-dealkylation sites (tertiary alicyclic amines) is 1. The topological polar surface area (TPSA) is 89.4 Å². The van der Waals surface area contributed by atoms with Crippen molar-refractivity contribution < 1.29 is 9.59 Å². The summed E-state index contributed by atoms with van der Waals surface area (Å²) in [7, 11) is 0. The average molecular weight is 253 g/mol. The molecule has 5 nitrogen and oxygen atoms in total. The summed E-state index contributed by atoms with van der Waals surface area (Å²) >= 11 is 0. The summed E-state index contributed by atoms with van der Waals surface area (Å²) in [6.07, 6.45) is 4.82. The third kappa shape index (κ3) is 2.83. The molecule has 0 aromatic rings. The minimum atomic E-state index is -0.284. The molecule has 2 aliphatic rings. The number of nitrogens with two attached hydrogens (primary N) is 2. The Balaban J connectivity index is 1.89. The Morgan fingerprint density at radius 3 is 2.56 bits per heavy atom. The number of rotatable bonds is 3. The van der Waals surface area contributed by atoms with Crippen LogP contribution >= 0.6 is 0 Å². The molecule has 5 heteroatoms. The second kappa shape index (κ2) is 5.69. The molecule has 2 fully saturated rings. The van der Waals surface area contributed by atoms with Crippen molar-refractivity contribution in [1.29, 1.82) is 0 Å². The minimum absolute atomic E-state index is 0.110. The molecule has 2 rings (SSSR count). The molecule has 1 heterocycles. The van der Waals surface area contributed by atoms with Crippen LogP contribution in [0.4, 0.5) is 0 Å². The lowest BCUT2D eigenvalue weighted by Gasteiger charge is -2.30. The lowest BCUT2D eigenvalue weighted by Crippen LogP contribution is -2.38. The van der Waals surface area contributed by atoms with Crippen LogP contribution in [-0.4, -0.2) is 36.3 Å². The Bertz CT molecular complexity index is 332. The van der Waals surface area contributed by atoms with Gasteiger partial charge in [0, 0.05) is 19.0 Å². The van der Waals surface area contributed by atoms with Crippen LogP contribution in [0.2, 0.25) is 0 Å². The van der Waals surface area contributed by atoms with Crippen LogP contribution in [0.15, 0.2) is 0 Å². The predicted octanol–water partition coefficient (Wildman–Crippen LogP) is 0.0853. The van der Waals surface area contributed by atoms with E-state index in [-0.39, 0.29) is 23.7 Å².